The number of rotatable bonds is 14. The van der Waals surface area contributed by atoms with Gasteiger partial charge in [-0.15, -0.1) is 0 Å². The minimum atomic E-state index is -0.825. The van der Waals surface area contributed by atoms with E-state index in [-0.39, 0.29) is 18.4 Å². The molecular formula is C37H46N4O4. The SMILES string of the molecule is O=C(NCCCCC1NC(=O)C2(CCN(CCCCc3ccccc3)CC2)N(Cc2ccccc2)C1=O)OCc1ccccc1. The Kier molecular flexibility index (Phi) is 11.6. The van der Waals surface area contributed by atoms with Gasteiger partial charge < -0.3 is 25.2 Å². The highest BCUT2D eigenvalue weighted by atomic mass is 16.5. The van der Waals surface area contributed by atoms with E-state index in [1.165, 1.54) is 5.56 Å². The van der Waals surface area contributed by atoms with Gasteiger partial charge in [-0.05, 0) is 74.6 Å². The van der Waals surface area contributed by atoms with Gasteiger partial charge in [-0.3, -0.25) is 9.59 Å². The van der Waals surface area contributed by atoms with Crippen LogP contribution in [0.3, 0.4) is 0 Å². The van der Waals surface area contributed by atoms with Crippen LogP contribution >= 0.6 is 0 Å². The normalized spacial score (nSPS) is 18.0. The van der Waals surface area contributed by atoms with Crippen molar-refractivity contribution in [3.8, 4) is 0 Å². The standard InChI is InChI=1S/C37H46N4O4/c42-34-33(21-10-12-24-38-36(44)45-29-32-19-8-3-9-20-32)39-35(43)37(41(34)28-31-17-6-2-7-18-31)22-26-40(27-23-37)25-13-11-16-30-14-4-1-5-15-30/h1-9,14-15,17-20,33H,10-13,16,21-29H2,(H,38,44)(H,39,43). The molecule has 5 rings (SSSR count). The molecule has 1 unspecified atom stereocenters. The second-order valence-electron chi connectivity index (χ2n) is 12.2. The topological polar surface area (TPSA) is 91.0 Å². The van der Waals surface area contributed by atoms with E-state index < -0.39 is 17.7 Å². The molecule has 2 N–H and O–H groups in total. The number of ether oxygens (including phenoxy) is 1. The number of aryl methyl sites for hydroxylation is 1. The summed E-state index contributed by atoms with van der Waals surface area (Å²) in [4.78, 5) is 44.2. The number of unbranched alkanes of at least 4 members (excludes halogenated alkanes) is 2. The second-order valence-corrected chi connectivity index (χ2v) is 12.2. The molecule has 0 bridgehead atoms. The molecular weight excluding hydrogens is 564 g/mol. The molecule has 238 valence electrons. The van der Waals surface area contributed by atoms with Crippen LogP contribution in [0.1, 0.15) is 61.6 Å². The van der Waals surface area contributed by atoms with E-state index >= 15 is 0 Å². The van der Waals surface area contributed by atoms with Crippen molar-refractivity contribution in [2.45, 2.75) is 76.1 Å². The highest BCUT2D eigenvalue weighted by molar-refractivity contribution is 6.00. The Morgan fingerprint density at radius 2 is 1.42 bits per heavy atom. The third kappa shape index (κ3) is 8.94. The predicted molar refractivity (Wildman–Crippen MR) is 175 cm³/mol. The first kappa shape index (κ1) is 32.2. The van der Waals surface area contributed by atoms with Gasteiger partial charge in [0.05, 0.1) is 0 Å². The molecule has 8 heteroatoms. The number of carbonyl (C=O) groups excluding carboxylic acids is 3. The third-order valence-corrected chi connectivity index (χ3v) is 9.11. The molecule has 2 heterocycles. The highest BCUT2D eigenvalue weighted by Crippen LogP contribution is 2.35. The van der Waals surface area contributed by atoms with Crippen molar-refractivity contribution in [3.05, 3.63) is 108 Å². The summed E-state index contributed by atoms with van der Waals surface area (Å²) in [6.07, 6.45) is 6.05. The average Bonchev–Trinajstić information content (AvgIpc) is 3.08. The molecule has 1 spiro atoms. The number of hydrogen-bond donors (Lipinski definition) is 2. The summed E-state index contributed by atoms with van der Waals surface area (Å²) in [5.41, 5.74) is 2.51. The molecule has 2 fully saturated rings. The molecule has 0 aliphatic carbocycles. The number of hydrogen-bond acceptors (Lipinski definition) is 5. The van der Waals surface area contributed by atoms with Crippen LogP contribution in [0.2, 0.25) is 0 Å². The summed E-state index contributed by atoms with van der Waals surface area (Å²) in [5, 5.41) is 5.89. The van der Waals surface area contributed by atoms with Gasteiger partial charge in [0.2, 0.25) is 11.8 Å². The number of carbonyl (C=O) groups is 3. The van der Waals surface area contributed by atoms with Crippen LogP contribution in [0, 0.1) is 0 Å². The second kappa shape index (κ2) is 16.2. The Labute approximate surface area is 267 Å². The van der Waals surface area contributed by atoms with Gasteiger partial charge in [0.1, 0.15) is 18.2 Å². The molecule has 2 aliphatic heterocycles. The zero-order chi connectivity index (χ0) is 31.3. The number of nitrogens with one attached hydrogen (secondary N) is 2. The first-order chi connectivity index (χ1) is 22.0. The van der Waals surface area contributed by atoms with E-state index in [1.807, 2.05) is 65.6 Å². The lowest BCUT2D eigenvalue weighted by molar-refractivity contribution is -0.162. The Balaban J connectivity index is 1.11. The monoisotopic (exact) mass is 610 g/mol. The van der Waals surface area contributed by atoms with Crippen LogP contribution in [0.4, 0.5) is 4.79 Å². The van der Waals surface area contributed by atoms with Crippen molar-refractivity contribution in [1.82, 2.24) is 20.4 Å². The molecule has 3 aromatic carbocycles. The van der Waals surface area contributed by atoms with Gasteiger partial charge in [0.25, 0.3) is 0 Å². The fourth-order valence-corrected chi connectivity index (χ4v) is 6.46. The number of amides is 3. The predicted octanol–water partition coefficient (Wildman–Crippen LogP) is 5.47. The largest absolute Gasteiger partial charge is 0.445 e. The maximum Gasteiger partial charge on any atom is 0.407 e. The molecule has 45 heavy (non-hydrogen) atoms. The Morgan fingerprint density at radius 1 is 0.800 bits per heavy atom. The zero-order valence-corrected chi connectivity index (χ0v) is 26.2. The molecule has 0 saturated carbocycles. The number of alkyl carbamates (subject to hydrolysis) is 1. The lowest BCUT2D eigenvalue weighted by Crippen LogP contribution is -2.72. The smallest absolute Gasteiger partial charge is 0.407 e. The van der Waals surface area contributed by atoms with Crippen LogP contribution in [0.15, 0.2) is 91.0 Å². The first-order valence-electron chi connectivity index (χ1n) is 16.4. The van der Waals surface area contributed by atoms with E-state index in [1.54, 1.807) is 0 Å². The number of nitrogens with zero attached hydrogens (tertiary/aromatic N) is 2. The van der Waals surface area contributed by atoms with Gasteiger partial charge in [-0.2, -0.15) is 0 Å². The fraction of sp³-hybridized carbons (Fsp3) is 0.432. The summed E-state index contributed by atoms with van der Waals surface area (Å²) in [6, 6.07) is 29.5. The summed E-state index contributed by atoms with van der Waals surface area (Å²) in [5.74, 6) is -0.0423. The number of piperidine rings is 1. The van der Waals surface area contributed by atoms with Gasteiger partial charge in [-0.1, -0.05) is 91.0 Å². The molecule has 0 radical (unpaired) electrons. The summed E-state index contributed by atoms with van der Waals surface area (Å²) in [6.45, 7) is 3.70. The maximum atomic E-state index is 14.0. The van der Waals surface area contributed by atoms with Crippen LogP contribution < -0.4 is 10.6 Å². The third-order valence-electron chi connectivity index (χ3n) is 9.11. The quantitative estimate of drug-likeness (QED) is 0.237. The van der Waals surface area contributed by atoms with Gasteiger partial charge in [0.15, 0.2) is 0 Å². The fourth-order valence-electron chi connectivity index (χ4n) is 6.46. The van der Waals surface area contributed by atoms with E-state index in [9.17, 15) is 14.4 Å². The highest BCUT2D eigenvalue weighted by Gasteiger charge is 2.53. The van der Waals surface area contributed by atoms with E-state index in [2.05, 4.69) is 45.9 Å². The first-order valence-corrected chi connectivity index (χ1v) is 16.4. The minimum absolute atomic E-state index is 0.00926. The summed E-state index contributed by atoms with van der Waals surface area (Å²) in [7, 11) is 0. The van der Waals surface area contributed by atoms with E-state index in [0.29, 0.717) is 45.2 Å². The van der Waals surface area contributed by atoms with Crippen LogP contribution in [-0.2, 0) is 33.9 Å². The number of likely N-dealkylation sites (tertiary alicyclic amines) is 1. The molecule has 2 aliphatic rings. The van der Waals surface area contributed by atoms with Crippen LogP contribution in [0.5, 0.6) is 0 Å². The molecule has 1 atom stereocenters. The molecule has 3 amide bonds. The molecule has 0 aromatic heterocycles. The van der Waals surface area contributed by atoms with E-state index in [0.717, 1.165) is 50.0 Å². The Hall–Kier alpha value is -4.17. The Morgan fingerprint density at radius 3 is 2.09 bits per heavy atom. The van der Waals surface area contributed by atoms with Crippen molar-refractivity contribution in [2.75, 3.05) is 26.2 Å². The van der Waals surface area contributed by atoms with Crippen molar-refractivity contribution < 1.29 is 19.1 Å². The number of benzene rings is 3. The summed E-state index contributed by atoms with van der Waals surface area (Å²) < 4.78 is 5.27. The zero-order valence-electron chi connectivity index (χ0n) is 26.2. The molecule has 2 saturated heterocycles. The number of piperazine rings is 1. The molecule has 3 aromatic rings. The van der Waals surface area contributed by atoms with Crippen LogP contribution in [0.25, 0.3) is 0 Å². The van der Waals surface area contributed by atoms with Crippen LogP contribution in [-0.4, -0.2) is 65.5 Å². The van der Waals surface area contributed by atoms with Gasteiger partial charge in [-0.25, -0.2) is 4.79 Å². The van der Waals surface area contributed by atoms with Crippen molar-refractivity contribution in [1.29, 1.82) is 0 Å². The van der Waals surface area contributed by atoms with E-state index in [4.69, 9.17) is 4.74 Å². The van der Waals surface area contributed by atoms with Gasteiger partial charge >= 0.3 is 6.09 Å². The van der Waals surface area contributed by atoms with Crippen molar-refractivity contribution in [2.24, 2.45) is 0 Å². The average molecular weight is 611 g/mol. The lowest BCUT2D eigenvalue weighted by Gasteiger charge is -2.51. The summed E-state index contributed by atoms with van der Waals surface area (Å²) >= 11 is 0. The van der Waals surface area contributed by atoms with Gasteiger partial charge in [0, 0.05) is 26.2 Å². The van der Waals surface area contributed by atoms with Crippen molar-refractivity contribution >= 4 is 17.9 Å². The lowest BCUT2D eigenvalue weighted by atomic mass is 9.81. The molecule has 8 nitrogen and oxygen atoms in total. The maximum absolute atomic E-state index is 14.0. The van der Waals surface area contributed by atoms with Crippen molar-refractivity contribution in [3.63, 3.8) is 0 Å². The minimum Gasteiger partial charge on any atom is -0.445 e. The Bertz CT molecular complexity index is 1360.